The zero-order valence-corrected chi connectivity index (χ0v) is 17.6. The number of aromatic nitrogens is 4. The van der Waals surface area contributed by atoms with Crippen molar-refractivity contribution in [1.29, 1.82) is 0 Å². The highest BCUT2D eigenvalue weighted by molar-refractivity contribution is 6.13. The number of nitrogens with two attached hydrogens (primary N) is 2. The number of allylic oxidation sites excluding steroid dienone is 1. The number of ether oxygens (including phenoxy) is 1. The lowest BCUT2D eigenvalue weighted by atomic mass is 9.94. The number of fused-ring (bicyclic) bond motifs is 5. The first-order chi connectivity index (χ1) is 14.9. The van der Waals surface area contributed by atoms with E-state index in [2.05, 4.69) is 20.2 Å². The molecule has 4 N–H and O–H groups in total. The Morgan fingerprint density at radius 1 is 1.32 bits per heavy atom. The van der Waals surface area contributed by atoms with E-state index < -0.39 is 6.10 Å². The van der Waals surface area contributed by atoms with Crippen LogP contribution in [0.25, 0.3) is 11.3 Å². The van der Waals surface area contributed by atoms with E-state index in [1.807, 2.05) is 13.8 Å². The highest BCUT2D eigenvalue weighted by Crippen LogP contribution is 2.35. The van der Waals surface area contributed by atoms with Gasteiger partial charge in [-0.3, -0.25) is 4.99 Å². The largest absolute Gasteiger partial charge is 0.482 e. The lowest BCUT2D eigenvalue weighted by molar-refractivity contribution is 0.227. The molecule has 2 bridgehead atoms. The molecule has 9 heteroatoms. The first-order valence-electron chi connectivity index (χ1n) is 9.99. The van der Waals surface area contributed by atoms with Gasteiger partial charge < -0.3 is 16.2 Å². The molecule has 0 saturated heterocycles. The molecular weight excluding hydrogens is 397 g/mol. The summed E-state index contributed by atoms with van der Waals surface area (Å²) in [5, 5.41) is 9.10. The summed E-state index contributed by atoms with van der Waals surface area (Å²) < 4.78 is 20.3. The number of nitrogens with zero attached hydrogens (tertiary/aromatic N) is 5. The zero-order valence-electron chi connectivity index (χ0n) is 17.6. The molecule has 31 heavy (non-hydrogen) atoms. The van der Waals surface area contributed by atoms with Gasteiger partial charge in [0.15, 0.2) is 11.6 Å². The van der Waals surface area contributed by atoms with E-state index in [4.69, 9.17) is 16.2 Å². The molecule has 0 unspecified atom stereocenters. The maximum absolute atomic E-state index is 14.2. The number of hydrogen-bond acceptors (Lipinski definition) is 7. The minimum absolute atomic E-state index is 0.236. The number of halogens is 1. The van der Waals surface area contributed by atoms with Gasteiger partial charge in [-0.15, -0.1) is 0 Å². The van der Waals surface area contributed by atoms with Crippen LogP contribution in [-0.4, -0.2) is 32.2 Å². The van der Waals surface area contributed by atoms with Crippen molar-refractivity contribution in [3.05, 3.63) is 64.9 Å². The summed E-state index contributed by atoms with van der Waals surface area (Å²) in [6, 6.07) is 6.32. The summed E-state index contributed by atoms with van der Waals surface area (Å²) in [7, 11) is 1.74. The maximum Gasteiger partial charge on any atom is 0.166 e. The molecule has 4 rings (SSSR count). The topological polar surface area (TPSA) is 117 Å². The molecule has 3 aromatic rings. The second-order valence-electron chi connectivity index (χ2n) is 7.28. The van der Waals surface area contributed by atoms with Gasteiger partial charge in [0.2, 0.25) is 0 Å². The summed E-state index contributed by atoms with van der Waals surface area (Å²) in [6.07, 6.45) is 3.03. The third kappa shape index (κ3) is 3.86. The van der Waals surface area contributed by atoms with Gasteiger partial charge in [-0.05, 0) is 49.9 Å². The number of hydrogen-bond donors (Lipinski definition) is 2. The van der Waals surface area contributed by atoms with Crippen LogP contribution in [0.5, 0.6) is 5.75 Å². The molecule has 2 aromatic heterocycles. The molecule has 1 atom stereocenters. The van der Waals surface area contributed by atoms with Crippen molar-refractivity contribution in [2.75, 3.05) is 12.3 Å². The van der Waals surface area contributed by atoms with Gasteiger partial charge in [-0.1, -0.05) is 0 Å². The van der Waals surface area contributed by atoms with Crippen LogP contribution >= 0.6 is 0 Å². The van der Waals surface area contributed by atoms with Crippen LogP contribution in [0.3, 0.4) is 0 Å². The van der Waals surface area contributed by atoms with Gasteiger partial charge in [0.05, 0.1) is 11.4 Å². The van der Waals surface area contributed by atoms with Crippen LogP contribution in [-0.2, 0) is 13.5 Å². The summed E-state index contributed by atoms with van der Waals surface area (Å²) in [6.45, 7) is 4.33. The molecule has 0 saturated carbocycles. The van der Waals surface area contributed by atoms with E-state index in [0.717, 1.165) is 16.7 Å². The first kappa shape index (κ1) is 20.5. The predicted octanol–water partition coefficient (Wildman–Crippen LogP) is 2.95. The highest BCUT2D eigenvalue weighted by atomic mass is 19.1. The summed E-state index contributed by atoms with van der Waals surface area (Å²) in [4.78, 5) is 10.4. The Labute approximate surface area is 179 Å². The molecule has 0 spiro atoms. The number of nitrogen functional groups attached to an aromatic ring is 1. The monoisotopic (exact) mass is 421 g/mol. The molecule has 3 heterocycles. The van der Waals surface area contributed by atoms with E-state index in [9.17, 15) is 4.39 Å². The molecule has 1 aromatic carbocycles. The van der Waals surface area contributed by atoms with Gasteiger partial charge in [0.1, 0.15) is 17.6 Å². The van der Waals surface area contributed by atoms with Crippen LogP contribution in [0.4, 0.5) is 10.2 Å². The molecule has 0 fully saturated rings. The SMILES string of the molecule is CCN=C1/C(=C\N)Cc2nn(C)nc2-c2ccc(F)cc2[C@@H](C)Oc2cc1cnc2N. The Kier molecular flexibility index (Phi) is 5.41. The number of pyridine rings is 1. The van der Waals surface area contributed by atoms with Crippen LogP contribution < -0.4 is 16.2 Å². The number of benzene rings is 1. The van der Waals surface area contributed by atoms with E-state index in [1.165, 1.54) is 23.1 Å². The van der Waals surface area contributed by atoms with Crippen molar-refractivity contribution in [3.63, 3.8) is 0 Å². The molecular formula is C22H24FN7O. The summed E-state index contributed by atoms with van der Waals surface area (Å²) >= 11 is 0. The Balaban J connectivity index is 2.00. The standard InChI is InChI=1S/C22H24FN7O/c1-4-26-20-13(10-24)7-18-21(29-30(3)28-18)16-6-5-15(23)9-17(16)12(2)31-19-8-14(20)11-27-22(19)25/h5-6,8-12H,4,7,24H2,1-3H3,(H2,25,27)/b13-10-,26-20?/t12-/m1/s1. The second-order valence-corrected chi connectivity index (χ2v) is 7.28. The number of aryl methyl sites for hydroxylation is 1. The maximum atomic E-state index is 14.2. The summed E-state index contributed by atoms with van der Waals surface area (Å²) in [5.74, 6) is 0.256. The lowest BCUT2D eigenvalue weighted by Crippen LogP contribution is -2.15. The third-order valence-corrected chi connectivity index (χ3v) is 5.13. The van der Waals surface area contributed by atoms with Crippen molar-refractivity contribution in [1.82, 2.24) is 20.0 Å². The number of rotatable bonds is 1. The normalized spacial score (nSPS) is 18.6. The van der Waals surface area contributed by atoms with Crippen molar-refractivity contribution in [2.45, 2.75) is 26.4 Å². The van der Waals surface area contributed by atoms with Crippen LogP contribution in [0.15, 0.2) is 47.2 Å². The molecule has 0 aliphatic carbocycles. The lowest BCUT2D eigenvalue weighted by Gasteiger charge is -2.21. The van der Waals surface area contributed by atoms with Gasteiger partial charge in [0.25, 0.3) is 0 Å². The fourth-order valence-corrected chi connectivity index (χ4v) is 3.73. The van der Waals surface area contributed by atoms with E-state index in [1.54, 1.807) is 25.4 Å². The summed E-state index contributed by atoms with van der Waals surface area (Å²) in [5.41, 5.74) is 17.0. The zero-order chi connectivity index (χ0) is 22.1. The fourth-order valence-electron chi connectivity index (χ4n) is 3.73. The fraction of sp³-hybridized carbons (Fsp3) is 0.273. The average molecular weight is 421 g/mol. The Bertz CT molecular complexity index is 1200. The average Bonchev–Trinajstić information content (AvgIpc) is 3.11. The van der Waals surface area contributed by atoms with Crippen molar-refractivity contribution in [3.8, 4) is 17.0 Å². The molecule has 0 radical (unpaired) electrons. The quantitative estimate of drug-likeness (QED) is 0.624. The number of aliphatic imine (C=N–C) groups is 1. The van der Waals surface area contributed by atoms with Gasteiger partial charge in [0, 0.05) is 42.9 Å². The van der Waals surface area contributed by atoms with Gasteiger partial charge in [-0.2, -0.15) is 15.0 Å². The molecule has 1 aliphatic heterocycles. The van der Waals surface area contributed by atoms with Crippen molar-refractivity contribution < 1.29 is 9.13 Å². The molecule has 1 aliphatic rings. The smallest absolute Gasteiger partial charge is 0.166 e. The Hall–Kier alpha value is -3.75. The first-order valence-corrected chi connectivity index (χ1v) is 9.99. The second kappa shape index (κ2) is 8.17. The van der Waals surface area contributed by atoms with E-state index in [-0.39, 0.29) is 11.6 Å². The predicted molar refractivity (Wildman–Crippen MR) is 117 cm³/mol. The highest BCUT2D eigenvalue weighted by Gasteiger charge is 2.24. The Morgan fingerprint density at radius 3 is 2.87 bits per heavy atom. The number of anilines is 1. The molecule has 0 amide bonds. The van der Waals surface area contributed by atoms with E-state index >= 15 is 0 Å². The van der Waals surface area contributed by atoms with Crippen LogP contribution in [0.1, 0.15) is 36.8 Å². The minimum Gasteiger partial charge on any atom is -0.482 e. The van der Waals surface area contributed by atoms with E-state index in [0.29, 0.717) is 41.4 Å². The van der Waals surface area contributed by atoms with Crippen molar-refractivity contribution in [2.24, 2.45) is 17.8 Å². The van der Waals surface area contributed by atoms with Crippen LogP contribution in [0, 0.1) is 5.82 Å². The minimum atomic E-state index is -0.518. The molecule has 8 nitrogen and oxygen atoms in total. The Morgan fingerprint density at radius 2 is 2.13 bits per heavy atom. The van der Waals surface area contributed by atoms with Gasteiger partial charge >= 0.3 is 0 Å². The molecule has 160 valence electrons. The van der Waals surface area contributed by atoms with Crippen molar-refractivity contribution >= 4 is 11.5 Å². The third-order valence-electron chi connectivity index (χ3n) is 5.13. The van der Waals surface area contributed by atoms with Crippen LogP contribution in [0.2, 0.25) is 0 Å². The van der Waals surface area contributed by atoms with Gasteiger partial charge in [-0.25, -0.2) is 9.37 Å².